The fraction of sp³-hybridized carbons (Fsp3) is 0.188. The van der Waals surface area contributed by atoms with Crippen molar-refractivity contribution in [3.05, 3.63) is 75.6 Å². The van der Waals surface area contributed by atoms with Crippen LogP contribution in [0.25, 0.3) is 0 Å². The van der Waals surface area contributed by atoms with Gasteiger partial charge in [0.15, 0.2) is 5.96 Å². The SMILES string of the molecule is CN=C(NCc1ccc(F)cc1)NCc1cccc([N+](=O)[O-])c1.I. The number of rotatable bonds is 5. The third-order valence-electron chi connectivity index (χ3n) is 3.18. The molecule has 0 saturated carbocycles. The van der Waals surface area contributed by atoms with Gasteiger partial charge in [-0.1, -0.05) is 24.3 Å². The van der Waals surface area contributed by atoms with Crippen LogP contribution in [0.5, 0.6) is 0 Å². The number of halogens is 2. The molecule has 0 unspecified atom stereocenters. The minimum atomic E-state index is -0.425. The van der Waals surface area contributed by atoms with E-state index in [1.807, 2.05) is 0 Å². The van der Waals surface area contributed by atoms with Crippen molar-refractivity contribution >= 4 is 35.6 Å². The Bertz CT molecular complexity index is 707. The smallest absolute Gasteiger partial charge is 0.269 e. The Labute approximate surface area is 156 Å². The van der Waals surface area contributed by atoms with Crippen LogP contribution in [0.2, 0.25) is 0 Å². The number of guanidine groups is 1. The van der Waals surface area contributed by atoms with E-state index in [9.17, 15) is 14.5 Å². The second-order valence-corrected chi connectivity index (χ2v) is 4.83. The van der Waals surface area contributed by atoms with Crippen molar-refractivity contribution in [3.8, 4) is 0 Å². The number of nitrogens with zero attached hydrogens (tertiary/aromatic N) is 2. The van der Waals surface area contributed by atoms with Crippen LogP contribution in [0.4, 0.5) is 10.1 Å². The van der Waals surface area contributed by atoms with Crippen molar-refractivity contribution < 1.29 is 9.31 Å². The van der Waals surface area contributed by atoms with Crippen LogP contribution in [-0.2, 0) is 13.1 Å². The summed E-state index contributed by atoms with van der Waals surface area (Å²) in [6.45, 7) is 0.902. The van der Waals surface area contributed by atoms with E-state index < -0.39 is 4.92 Å². The number of nitrogens with one attached hydrogen (secondary N) is 2. The van der Waals surface area contributed by atoms with E-state index in [0.717, 1.165) is 11.1 Å². The second-order valence-electron chi connectivity index (χ2n) is 4.83. The molecule has 0 amide bonds. The molecule has 0 heterocycles. The summed E-state index contributed by atoms with van der Waals surface area (Å²) in [5.41, 5.74) is 1.76. The Kier molecular flexibility index (Phi) is 8.10. The zero-order valence-electron chi connectivity index (χ0n) is 13.0. The molecule has 0 aliphatic rings. The fourth-order valence-electron chi connectivity index (χ4n) is 1.97. The van der Waals surface area contributed by atoms with Crippen molar-refractivity contribution in [1.29, 1.82) is 0 Å². The lowest BCUT2D eigenvalue weighted by Crippen LogP contribution is -2.36. The van der Waals surface area contributed by atoms with E-state index in [0.29, 0.717) is 19.0 Å². The molecule has 0 spiro atoms. The van der Waals surface area contributed by atoms with E-state index in [-0.39, 0.29) is 35.5 Å². The highest BCUT2D eigenvalue weighted by Crippen LogP contribution is 2.12. The molecule has 0 aromatic heterocycles. The first-order valence-electron chi connectivity index (χ1n) is 7.01. The minimum absolute atomic E-state index is 0. The van der Waals surface area contributed by atoms with Gasteiger partial charge in [-0.3, -0.25) is 15.1 Å². The van der Waals surface area contributed by atoms with E-state index >= 15 is 0 Å². The normalized spacial score (nSPS) is 10.7. The predicted octanol–water partition coefficient (Wildman–Crippen LogP) is 3.22. The van der Waals surface area contributed by atoms with Gasteiger partial charge in [-0.25, -0.2) is 4.39 Å². The van der Waals surface area contributed by atoms with Crippen LogP contribution in [0.1, 0.15) is 11.1 Å². The van der Waals surface area contributed by atoms with E-state index in [1.54, 1.807) is 31.3 Å². The van der Waals surface area contributed by atoms with Crippen LogP contribution >= 0.6 is 24.0 Å². The quantitative estimate of drug-likeness (QED) is 0.244. The average Bonchev–Trinajstić information content (AvgIpc) is 2.57. The Hall–Kier alpha value is -2.23. The first kappa shape index (κ1) is 19.8. The number of nitro groups is 1. The number of aliphatic imine (C=N–C) groups is 1. The standard InChI is InChI=1S/C16H17FN4O2.HI/c1-18-16(19-10-12-5-7-14(17)8-6-12)20-11-13-3-2-4-15(9-13)21(22)23;/h2-9H,10-11H2,1H3,(H2,18,19,20);1H. The highest BCUT2D eigenvalue weighted by atomic mass is 127. The van der Waals surface area contributed by atoms with Crippen LogP contribution in [0, 0.1) is 15.9 Å². The molecule has 2 aromatic carbocycles. The van der Waals surface area contributed by atoms with Crippen molar-refractivity contribution in [2.45, 2.75) is 13.1 Å². The topological polar surface area (TPSA) is 79.6 Å². The van der Waals surface area contributed by atoms with Gasteiger partial charge >= 0.3 is 0 Å². The summed E-state index contributed by atoms with van der Waals surface area (Å²) in [7, 11) is 1.63. The molecule has 0 fully saturated rings. The number of nitro benzene ring substituents is 1. The van der Waals surface area contributed by atoms with E-state index in [4.69, 9.17) is 0 Å². The third-order valence-corrected chi connectivity index (χ3v) is 3.18. The third kappa shape index (κ3) is 6.11. The fourth-order valence-corrected chi connectivity index (χ4v) is 1.97. The predicted molar refractivity (Wildman–Crippen MR) is 102 cm³/mol. The number of non-ortho nitro benzene ring substituents is 1. The van der Waals surface area contributed by atoms with Crippen LogP contribution < -0.4 is 10.6 Å². The second kappa shape index (κ2) is 9.81. The van der Waals surface area contributed by atoms with Gasteiger partial charge in [0.05, 0.1) is 4.92 Å². The lowest BCUT2D eigenvalue weighted by atomic mass is 10.2. The molecule has 2 rings (SSSR count). The van der Waals surface area contributed by atoms with Crippen LogP contribution in [0.15, 0.2) is 53.5 Å². The average molecular weight is 444 g/mol. The Balaban J connectivity index is 0.00000288. The monoisotopic (exact) mass is 444 g/mol. The summed E-state index contributed by atoms with van der Waals surface area (Å²) in [6.07, 6.45) is 0. The Morgan fingerprint density at radius 1 is 1.12 bits per heavy atom. The summed E-state index contributed by atoms with van der Waals surface area (Å²) >= 11 is 0. The van der Waals surface area contributed by atoms with Crippen molar-refractivity contribution in [2.24, 2.45) is 4.99 Å². The molecule has 0 radical (unpaired) electrons. The van der Waals surface area contributed by atoms with Gasteiger partial charge in [-0.05, 0) is 23.3 Å². The molecule has 0 saturated heterocycles. The number of hydrogen-bond donors (Lipinski definition) is 2. The van der Waals surface area contributed by atoms with Crippen LogP contribution in [0.3, 0.4) is 0 Å². The van der Waals surface area contributed by atoms with Crippen LogP contribution in [-0.4, -0.2) is 17.9 Å². The van der Waals surface area contributed by atoms with Gasteiger partial charge < -0.3 is 10.6 Å². The molecule has 0 atom stereocenters. The molecular weight excluding hydrogens is 426 g/mol. The minimum Gasteiger partial charge on any atom is -0.352 e. The Morgan fingerprint density at radius 3 is 2.33 bits per heavy atom. The molecule has 128 valence electrons. The van der Waals surface area contributed by atoms with Gasteiger partial charge in [0.2, 0.25) is 0 Å². The Morgan fingerprint density at radius 2 is 1.75 bits per heavy atom. The molecule has 2 aromatic rings. The molecule has 6 nitrogen and oxygen atoms in total. The van der Waals surface area contributed by atoms with E-state index in [2.05, 4.69) is 15.6 Å². The molecule has 24 heavy (non-hydrogen) atoms. The number of benzene rings is 2. The van der Waals surface area contributed by atoms with Gasteiger partial charge in [0, 0.05) is 32.3 Å². The zero-order chi connectivity index (χ0) is 16.7. The molecular formula is C16H18FIN4O2. The summed E-state index contributed by atoms with van der Waals surface area (Å²) in [4.78, 5) is 14.4. The maximum atomic E-state index is 12.8. The largest absolute Gasteiger partial charge is 0.352 e. The van der Waals surface area contributed by atoms with Gasteiger partial charge in [0.1, 0.15) is 5.82 Å². The lowest BCUT2D eigenvalue weighted by Gasteiger charge is -2.12. The maximum absolute atomic E-state index is 12.8. The molecule has 0 aliphatic heterocycles. The molecule has 8 heteroatoms. The van der Waals surface area contributed by atoms with Crippen molar-refractivity contribution in [3.63, 3.8) is 0 Å². The first-order chi connectivity index (χ1) is 11.1. The summed E-state index contributed by atoms with van der Waals surface area (Å²) < 4.78 is 12.8. The zero-order valence-corrected chi connectivity index (χ0v) is 15.4. The van der Waals surface area contributed by atoms with Crippen molar-refractivity contribution in [1.82, 2.24) is 10.6 Å². The lowest BCUT2D eigenvalue weighted by molar-refractivity contribution is -0.384. The number of hydrogen-bond acceptors (Lipinski definition) is 3. The summed E-state index contributed by atoms with van der Waals surface area (Å²) in [5.74, 6) is 0.280. The highest BCUT2D eigenvalue weighted by Gasteiger charge is 2.06. The first-order valence-corrected chi connectivity index (χ1v) is 7.01. The van der Waals surface area contributed by atoms with Gasteiger partial charge in [-0.2, -0.15) is 0 Å². The summed E-state index contributed by atoms with van der Waals surface area (Å²) in [6, 6.07) is 12.6. The maximum Gasteiger partial charge on any atom is 0.269 e. The van der Waals surface area contributed by atoms with Gasteiger partial charge in [-0.15, -0.1) is 24.0 Å². The van der Waals surface area contributed by atoms with E-state index in [1.165, 1.54) is 24.3 Å². The van der Waals surface area contributed by atoms with Gasteiger partial charge in [0.25, 0.3) is 5.69 Å². The molecule has 0 aliphatic carbocycles. The van der Waals surface area contributed by atoms with Crippen molar-refractivity contribution in [2.75, 3.05) is 7.05 Å². The molecule has 0 bridgehead atoms. The summed E-state index contributed by atoms with van der Waals surface area (Å²) in [5, 5.41) is 16.9. The highest BCUT2D eigenvalue weighted by molar-refractivity contribution is 14.0. The molecule has 2 N–H and O–H groups in total.